The van der Waals surface area contributed by atoms with Crippen molar-refractivity contribution in [3.05, 3.63) is 139 Å². The average molecular weight is 1460 g/mol. The molecule has 25 heteroatoms. The van der Waals surface area contributed by atoms with Gasteiger partial charge in [-0.15, -0.1) is 0 Å². The number of carboxylic acid groups (broad SMARTS) is 1. The van der Waals surface area contributed by atoms with Gasteiger partial charge in [0.05, 0.1) is 44.4 Å². The van der Waals surface area contributed by atoms with Crippen molar-refractivity contribution in [2.75, 3.05) is 116 Å². The van der Waals surface area contributed by atoms with Crippen molar-refractivity contribution in [3.63, 3.8) is 0 Å². The predicted molar refractivity (Wildman–Crippen MR) is 405 cm³/mol. The number of ether oxygens (including phenoxy) is 8. The molecule has 0 aliphatic carbocycles. The lowest BCUT2D eigenvalue weighted by atomic mass is 9.87. The van der Waals surface area contributed by atoms with Gasteiger partial charge < -0.3 is 79.0 Å². The van der Waals surface area contributed by atoms with Crippen molar-refractivity contribution in [2.45, 2.75) is 161 Å². The Kier molecular flexibility index (Phi) is 42.0. The molecule has 0 bridgehead atoms. The van der Waals surface area contributed by atoms with Gasteiger partial charge in [0.15, 0.2) is 18.1 Å². The van der Waals surface area contributed by atoms with Gasteiger partial charge in [-0.25, -0.2) is 14.4 Å². The van der Waals surface area contributed by atoms with Crippen molar-refractivity contribution in [1.82, 2.24) is 36.0 Å². The predicted octanol–water partition coefficient (Wildman–Crippen LogP) is 9.12. The monoisotopic (exact) mass is 1460 g/mol. The first-order valence-electron chi connectivity index (χ1n) is 35.9. The van der Waals surface area contributed by atoms with Crippen LogP contribution in [0.3, 0.4) is 0 Å². The minimum absolute atomic E-state index is 0.0988. The number of aryl methyl sites for hydroxylation is 1. The van der Waals surface area contributed by atoms with E-state index in [0.717, 1.165) is 73.2 Å². The Morgan fingerprint density at radius 3 is 2.07 bits per heavy atom. The average Bonchev–Trinajstić information content (AvgIpc) is 0.810. The SMILES string of the molecule is C=CC(=O)OCC(C)(C)C(=O)C(=O)N1CCCCC1C(=O)O[C@H](CCc1ccc(OC)c(OC)c1)c1cccc(OCC(=O)O)c1.CCCCC(NC)C(=O)NC(Cc1cccc2ccccc12)C(=O)N(C)C(COC(C)(C)C)C(=O)NCC(=O)N(C)CC/C=C\CCOC.CNCC/C=C\CCOC. The summed E-state index contributed by atoms with van der Waals surface area (Å²) in [6, 6.07) is 22.4. The lowest BCUT2D eigenvalue weighted by molar-refractivity contribution is -0.165. The second-order valence-corrected chi connectivity index (χ2v) is 26.9. The lowest BCUT2D eigenvalue weighted by Crippen LogP contribution is -2.58. The van der Waals surface area contributed by atoms with Crippen molar-refractivity contribution in [3.8, 4) is 17.2 Å². The third kappa shape index (κ3) is 32.9. The molecular weight excluding hydrogens is 1350 g/mol. The van der Waals surface area contributed by atoms with E-state index in [2.05, 4.69) is 46.9 Å². The van der Waals surface area contributed by atoms with Crippen LogP contribution in [0.15, 0.2) is 122 Å². The lowest BCUT2D eigenvalue weighted by Gasteiger charge is -2.36. The summed E-state index contributed by atoms with van der Waals surface area (Å²) in [5.74, 6) is -4.28. The first-order chi connectivity index (χ1) is 50.1. The van der Waals surface area contributed by atoms with Crippen LogP contribution in [0.4, 0.5) is 0 Å². The fourth-order valence-corrected chi connectivity index (χ4v) is 11.0. The Morgan fingerprint density at radius 1 is 0.762 bits per heavy atom. The van der Waals surface area contributed by atoms with Gasteiger partial charge >= 0.3 is 17.9 Å². The zero-order valence-corrected chi connectivity index (χ0v) is 64.3. The van der Waals surface area contributed by atoms with Gasteiger partial charge in [-0.2, -0.15) is 0 Å². The van der Waals surface area contributed by atoms with Gasteiger partial charge in [0.1, 0.15) is 36.6 Å². The third-order valence-electron chi connectivity index (χ3n) is 17.1. The Hall–Kier alpha value is -9.01. The van der Waals surface area contributed by atoms with Crippen molar-refractivity contribution in [1.29, 1.82) is 0 Å². The van der Waals surface area contributed by atoms with E-state index in [1.54, 1.807) is 63.5 Å². The Balaban J connectivity index is 0.000000482. The number of likely N-dealkylation sites (tertiary alicyclic amines) is 1. The van der Waals surface area contributed by atoms with Crippen LogP contribution in [-0.4, -0.2) is 219 Å². The first kappa shape index (κ1) is 90.2. The number of unbranched alkanes of at least 4 members (excludes halogenated alkanes) is 1. The van der Waals surface area contributed by atoms with Crippen LogP contribution in [0, 0.1) is 5.41 Å². The first-order valence-corrected chi connectivity index (χ1v) is 35.9. The molecule has 0 spiro atoms. The number of aliphatic carboxylic acids is 1. The van der Waals surface area contributed by atoms with E-state index < -0.39 is 89.3 Å². The normalized spacial score (nSPS) is 14.0. The summed E-state index contributed by atoms with van der Waals surface area (Å²) < 4.78 is 43.1. The highest BCUT2D eigenvalue weighted by Gasteiger charge is 2.43. The molecule has 25 nitrogen and oxygen atoms in total. The fraction of sp³-hybridized carbons (Fsp3) is 0.537. The molecule has 1 fully saturated rings. The number of nitrogens with one attached hydrogen (secondary N) is 4. The molecule has 4 aromatic carbocycles. The van der Waals surface area contributed by atoms with E-state index >= 15 is 0 Å². The Labute approximate surface area is 621 Å². The smallest absolute Gasteiger partial charge is 0.341 e. The molecule has 5 amide bonds. The molecule has 1 aliphatic rings. The van der Waals surface area contributed by atoms with E-state index in [-0.39, 0.29) is 50.3 Å². The number of fused-ring (bicyclic) bond motifs is 1. The number of hydrogen-bond donors (Lipinski definition) is 5. The second kappa shape index (κ2) is 48.9. The molecule has 0 saturated carbocycles. The van der Waals surface area contributed by atoms with Crippen molar-refractivity contribution < 1.29 is 86.2 Å². The molecule has 105 heavy (non-hydrogen) atoms. The Morgan fingerprint density at radius 2 is 1.43 bits per heavy atom. The molecule has 1 saturated heterocycles. The van der Waals surface area contributed by atoms with E-state index in [4.69, 9.17) is 43.0 Å². The topological polar surface area (TPSA) is 306 Å². The van der Waals surface area contributed by atoms with E-state index in [9.17, 15) is 43.2 Å². The molecular formula is C80H117N7O18. The second-order valence-electron chi connectivity index (χ2n) is 26.9. The largest absolute Gasteiger partial charge is 0.493 e. The summed E-state index contributed by atoms with van der Waals surface area (Å²) in [6.07, 6.45) is 17.1. The molecule has 5 N–H and O–H groups in total. The van der Waals surface area contributed by atoms with Crippen LogP contribution in [0.25, 0.3) is 10.8 Å². The molecule has 0 radical (unpaired) electrons. The van der Waals surface area contributed by atoms with Gasteiger partial charge in [0, 0.05) is 67.1 Å². The fourth-order valence-electron chi connectivity index (χ4n) is 11.0. The molecule has 0 aromatic heterocycles. The summed E-state index contributed by atoms with van der Waals surface area (Å²) in [4.78, 5) is 122. The molecule has 1 aliphatic heterocycles. The summed E-state index contributed by atoms with van der Waals surface area (Å²) in [5, 5.41) is 22.9. The van der Waals surface area contributed by atoms with Crippen LogP contribution in [0.2, 0.25) is 0 Å². The standard InChI is InChI=1S/C38H59N5O6.C34H41NO11.C8H17NO/c1-9-10-22-31(39-5)35(45)41-32(25-29-20-17-19-28-18-13-14-21-30(28)29)37(47)43(7)33(27-49-38(2,3)4)36(46)40-26-34(44)42(6)23-15-11-12-16-24-48-8;1-6-30(38)45-21-34(2,3)31(39)32(40)35-17-8-7-12-25(35)33(41)46-26(23-10-9-11-24(19-23)44-20-29(36)37)15-13-22-14-16-27(42-4)28(18-22)43-5;1-9-7-5-3-4-6-8-10-2/h11-14,17-21,31-33,39H,9-10,15-16,22-27H2,1-8H3,(H,40,46)(H,41,45);6,9-11,14,16,18-19,25-26H,1,7-8,12-13,15,17,20-21H2,2-5H3,(H,36,37);3-4,9H,5-8H2,1-2H3/b12-11-;;4-3-/t;25?,26-;/m.1./s1. The Bertz CT molecular complexity index is 3430. The maximum absolute atomic E-state index is 14.3. The highest BCUT2D eigenvalue weighted by Crippen LogP contribution is 2.33. The quantitative estimate of drug-likeness (QED) is 0.00907. The number of hydrogen-bond acceptors (Lipinski definition) is 19. The maximum atomic E-state index is 14.3. The minimum Gasteiger partial charge on any atom is -0.493 e. The molecule has 5 atom stereocenters. The number of esters is 2. The summed E-state index contributed by atoms with van der Waals surface area (Å²) in [6.45, 7) is 16.0. The third-order valence-corrected chi connectivity index (χ3v) is 17.1. The van der Waals surface area contributed by atoms with Crippen LogP contribution < -0.4 is 35.5 Å². The number of amides is 5. The summed E-state index contributed by atoms with van der Waals surface area (Å²) in [7, 11) is 13.4. The zero-order chi connectivity index (χ0) is 77.9. The van der Waals surface area contributed by atoms with E-state index in [1.165, 1.54) is 44.9 Å². The number of Topliss-reactive ketones (excluding diaryl/α,β-unsaturated/α-hetero) is 1. The summed E-state index contributed by atoms with van der Waals surface area (Å²) >= 11 is 0. The van der Waals surface area contributed by atoms with Crippen molar-refractivity contribution in [2.24, 2.45) is 5.41 Å². The molecule has 4 aromatic rings. The number of carbonyl (C=O) groups is 9. The van der Waals surface area contributed by atoms with Crippen LogP contribution in [-0.2, 0) is 79.7 Å². The van der Waals surface area contributed by atoms with E-state index in [0.29, 0.717) is 75.2 Å². The number of piperidine rings is 1. The number of methoxy groups -OCH3 is 4. The molecule has 1 heterocycles. The number of likely N-dealkylation sites (N-methyl/N-ethyl adjacent to an activating group) is 3. The number of rotatable bonds is 43. The van der Waals surface area contributed by atoms with Gasteiger partial charge in [-0.1, -0.05) is 111 Å². The van der Waals surface area contributed by atoms with Gasteiger partial charge in [0.2, 0.25) is 29.4 Å². The zero-order valence-electron chi connectivity index (χ0n) is 64.3. The van der Waals surface area contributed by atoms with Crippen molar-refractivity contribution >= 4 is 64.0 Å². The van der Waals surface area contributed by atoms with Gasteiger partial charge in [0.25, 0.3) is 5.91 Å². The number of nitrogens with zero attached hydrogens (tertiary/aromatic N) is 3. The van der Waals surface area contributed by atoms with Crippen LogP contribution in [0.5, 0.6) is 17.2 Å². The molecule has 4 unspecified atom stereocenters. The van der Waals surface area contributed by atoms with Gasteiger partial charge in [-0.05, 0) is 171 Å². The maximum Gasteiger partial charge on any atom is 0.341 e. The highest BCUT2D eigenvalue weighted by atomic mass is 16.6. The molecule has 5 rings (SSSR count). The highest BCUT2D eigenvalue weighted by molar-refractivity contribution is 6.38. The number of ketones is 1. The van der Waals surface area contributed by atoms with Crippen LogP contribution >= 0.6 is 0 Å². The van der Waals surface area contributed by atoms with E-state index in [1.807, 2.05) is 94.6 Å². The number of carbonyl (C=O) groups excluding carboxylic acids is 8. The number of carboxylic acids is 1. The molecule has 580 valence electrons. The minimum atomic E-state index is -1.33. The van der Waals surface area contributed by atoms with Gasteiger partial charge in [-0.3, -0.25) is 28.8 Å². The summed E-state index contributed by atoms with van der Waals surface area (Å²) in [5.41, 5.74) is 0.419. The van der Waals surface area contributed by atoms with Crippen LogP contribution in [0.1, 0.15) is 135 Å². The number of benzene rings is 4.